The molecule has 1 heterocycles. The van der Waals surface area contributed by atoms with Crippen LogP contribution in [0, 0.1) is 5.92 Å². The molecule has 2 aromatic rings. The summed E-state index contributed by atoms with van der Waals surface area (Å²) in [5.41, 5.74) is 2.45. The second kappa shape index (κ2) is 7.29. The molecule has 1 aliphatic rings. The fourth-order valence-electron chi connectivity index (χ4n) is 3.02. The molecule has 0 aliphatic carbocycles. The summed E-state index contributed by atoms with van der Waals surface area (Å²) in [4.78, 5) is 14.7. The summed E-state index contributed by atoms with van der Waals surface area (Å²) in [6.07, 6.45) is 1.94. The van der Waals surface area contributed by atoms with Crippen molar-refractivity contribution in [2.24, 2.45) is 5.92 Å². The van der Waals surface area contributed by atoms with Crippen molar-refractivity contribution in [1.29, 1.82) is 0 Å². The highest BCUT2D eigenvalue weighted by Gasteiger charge is 2.25. The smallest absolute Gasteiger partial charge is 0.255 e. The number of benzene rings is 2. The predicted molar refractivity (Wildman–Crippen MR) is 91.9 cm³/mol. The zero-order chi connectivity index (χ0) is 16.1. The average molecular weight is 310 g/mol. The lowest BCUT2D eigenvalue weighted by Gasteiger charge is -2.32. The van der Waals surface area contributed by atoms with E-state index in [-0.39, 0.29) is 18.4 Å². The number of carbonyl (C=O) groups is 1. The molecule has 0 aromatic heterocycles. The third-order valence-corrected chi connectivity index (χ3v) is 4.27. The lowest BCUT2D eigenvalue weighted by atomic mass is 9.98. The molecule has 0 saturated carbocycles. The van der Waals surface area contributed by atoms with Gasteiger partial charge in [-0.05, 0) is 43.0 Å². The van der Waals surface area contributed by atoms with E-state index in [4.69, 9.17) is 0 Å². The van der Waals surface area contributed by atoms with Crippen molar-refractivity contribution in [1.82, 2.24) is 4.90 Å². The number of rotatable bonds is 4. The zero-order valence-corrected chi connectivity index (χ0v) is 13.1. The molecule has 3 rings (SSSR count). The van der Waals surface area contributed by atoms with Gasteiger partial charge in [-0.15, -0.1) is 0 Å². The van der Waals surface area contributed by atoms with Gasteiger partial charge in [-0.1, -0.05) is 30.3 Å². The standard InChI is InChI=1S/C19H22N2O2/c22-14-15-7-6-12-21(13-15)19(23)17-10-4-5-11-18(17)20-16-8-2-1-3-9-16/h1-5,8-11,15,20,22H,6-7,12-14H2. The van der Waals surface area contributed by atoms with Crippen molar-refractivity contribution in [3.63, 3.8) is 0 Å². The minimum atomic E-state index is 0.0298. The molecule has 1 atom stereocenters. The van der Waals surface area contributed by atoms with Crippen LogP contribution in [0.5, 0.6) is 0 Å². The SMILES string of the molecule is O=C(c1ccccc1Nc1ccccc1)N1CCCC(CO)C1. The molecular formula is C19H22N2O2. The van der Waals surface area contributed by atoms with Crippen molar-refractivity contribution in [3.8, 4) is 0 Å². The van der Waals surface area contributed by atoms with Crippen LogP contribution in [0.3, 0.4) is 0 Å². The summed E-state index contributed by atoms with van der Waals surface area (Å²) < 4.78 is 0. The van der Waals surface area contributed by atoms with Gasteiger partial charge in [0, 0.05) is 25.4 Å². The first-order valence-corrected chi connectivity index (χ1v) is 8.09. The monoisotopic (exact) mass is 310 g/mol. The third-order valence-electron chi connectivity index (χ3n) is 4.27. The molecule has 23 heavy (non-hydrogen) atoms. The van der Waals surface area contributed by atoms with Gasteiger partial charge in [0.15, 0.2) is 0 Å². The zero-order valence-electron chi connectivity index (χ0n) is 13.1. The maximum atomic E-state index is 12.9. The molecule has 1 saturated heterocycles. The minimum absolute atomic E-state index is 0.0298. The third kappa shape index (κ3) is 3.71. The van der Waals surface area contributed by atoms with Gasteiger partial charge in [0.2, 0.25) is 0 Å². The summed E-state index contributed by atoms with van der Waals surface area (Å²) in [5, 5.41) is 12.7. The number of amides is 1. The van der Waals surface area contributed by atoms with Crippen molar-refractivity contribution in [3.05, 3.63) is 60.2 Å². The Balaban J connectivity index is 1.80. The first-order valence-electron chi connectivity index (χ1n) is 8.09. The van der Waals surface area contributed by atoms with Crippen LogP contribution in [0.2, 0.25) is 0 Å². The van der Waals surface area contributed by atoms with Crippen LogP contribution in [-0.2, 0) is 0 Å². The van der Waals surface area contributed by atoms with Crippen LogP contribution >= 0.6 is 0 Å². The minimum Gasteiger partial charge on any atom is -0.396 e. The first-order chi connectivity index (χ1) is 11.3. The lowest BCUT2D eigenvalue weighted by Crippen LogP contribution is -2.41. The van der Waals surface area contributed by atoms with Crippen LogP contribution in [-0.4, -0.2) is 35.6 Å². The van der Waals surface area contributed by atoms with E-state index < -0.39 is 0 Å². The summed E-state index contributed by atoms with van der Waals surface area (Å²) in [7, 11) is 0. The van der Waals surface area contributed by atoms with Crippen molar-refractivity contribution in [2.75, 3.05) is 25.0 Å². The molecule has 4 heteroatoms. The Kier molecular flexibility index (Phi) is 4.93. The Morgan fingerprint density at radius 3 is 2.65 bits per heavy atom. The molecule has 0 radical (unpaired) electrons. The second-order valence-corrected chi connectivity index (χ2v) is 5.98. The Bertz CT molecular complexity index is 657. The van der Waals surface area contributed by atoms with Crippen LogP contribution in [0.4, 0.5) is 11.4 Å². The number of anilines is 2. The number of hydrogen-bond acceptors (Lipinski definition) is 3. The van der Waals surface area contributed by atoms with E-state index in [1.807, 2.05) is 59.5 Å². The second-order valence-electron chi connectivity index (χ2n) is 5.98. The Hall–Kier alpha value is -2.33. The number of nitrogens with zero attached hydrogens (tertiary/aromatic N) is 1. The van der Waals surface area contributed by atoms with Crippen LogP contribution in [0.25, 0.3) is 0 Å². The first kappa shape index (κ1) is 15.6. The molecule has 1 amide bonds. The van der Waals surface area contributed by atoms with Crippen molar-refractivity contribution in [2.45, 2.75) is 12.8 Å². The molecule has 2 aromatic carbocycles. The largest absolute Gasteiger partial charge is 0.396 e. The number of nitrogens with one attached hydrogen (secondary N) is 1. The Morgan fingerprint density at radius 1 is 1.13 bits per heavy atom. The van der Waals surface area contributed by atoms with E-state index in [9.17, 15) is 9.90 Å². The van der Waals surface area contributed by atoms with E-state index in [2.05, 4.69) is 5.32 Å². The molecule has 1 unspecified atom stereocenters. The Morgan fingerprint density at radius 2 is 1.87 bits per heavy atom. The van der Waals surface area contributed by atoms with Crippen LogP contribution in [0.1, 0.15) is 23.2 Å². The van der Waals surface area contributed by atoms with E-state index in [0.717, 1.165) is 30.8 Å². The molecule has 1 aliphatic heterocycles. The molecule has 2 N–H and O–H groups in total. The number of carbonyl (C=O) groups excluding carboxylic acids is 1. The number of aliphatic hydroxyl groups is 1. The van der Waals surface area contributed by atoms with E-state index >= 15 is 0 Å². The van der Waals surface area contributed by atoms with Gasteiger partial charge in [0.05, 0.1) is 11.3 Å². The van der Waals surface area contributed by atoms with E-state index in [1.54, 1.807) is 0 Å². The normalized spacial score (nSPS) is 17.8. The summed E-state index contributed by atoms with van der Waals surface area (Å²) >= 11 is 0. The van der Waals surface area contributed by atoms with E-state index in [1.165, 1.54) is 0 Å². The molecule has 0 bridgehead atoms. The quantitative estimate of drug-likeness (QED) is 0.911. The highest BCUT2D eigenvalue weighted by molar-refractivity contribution is 6.00. The van der Waals surface area contributed by atoms with Crippen molar-refractivity contribution < 1.29 is 9.90 Å². The fourth-order valence-corrected chi connectivity index (χ4v) is 3.02. The summed E-state index contributed by atoms with van der Waals surface area (Å²) in [6.45, 7) is 1.54. The van der Waals surface area contributed by atoms with Gasteiger partial charge in [-0.3, -0.25) is 4.79 Å². The Labute approximate surface area is 136 Å². The number of aliphatic hydroxyl groups excluding tert-OH is 1. The predicted octanol–water partition coefficient (Wildman–Crippen LogP) is 3.27. The van der Waals surface area contributed by atoms with Gasteiger partial charge in [0.1, 0.15) is 0 Å². The number of piperidine rings is 1. The molecule has 1 fully saturated rings. The molecule has 0 spiro atoms. The maximum Gasteiger partial charge on any atom is 0.255 e. The highest BCUT2D eigenvalue weighted by Crippen LogP contribution is 2.24. The van der Waals surface area contributed by atoms with Gasteiger partial charge < -0.3 is 15.3 Å². The van der Waals surface area contributed by atoms with Crippen LogP contribution < -0.4 is 5.32 Å². The number of hydrogen-bond donors (Lipinski definition) is 2. The number of para-hydroxylation sites is 2. The summed E-state index contributed by atoms with van der Waals surface area (Å²) in [6, 6.07) is 17.4. The summed E-state index contributed by atoms with van der Waals surface area (Å²) in [5.74, 6) is 0.226. The molecule has 4 nitrogen and oxygen atoms in total. The number of likely N-dealkylation sites (tertiary alicyclic amines) is 1. The van der Waals surface area contributed by atoms with Gasteiger partial charge in [0.25, 0.3) is 5.91 Å². The topological polar surface area (TPSA) is 52.6 Å². The maximum absolute atomic E-state index is 12.9. The van der Waals surface area contributed by atoms with Crippen LogP contribution in [0.15, 0.2) is 54.6 Å². The highest BCUT2D eigenvalue weighted by atomic mass is 16.3. The van der Waals surface area contributed by atoms with Crippen molar-refractivity contribution >= 4 is 17.3 Å². The average Bonchev–Trinajstić information content (AvgIpc) is 2.62. The van der Waals surface area contributed by atoms with Gasteiger partial charge in [-0.25, -0.2) is 0 Å². The lowest BCUT2D eigenvalue weighted by molar-refractivity contribution is 0.0621. The van der Waals surface area contributed by atoms with E-state index in [0.29, 0.717) is 12.1 Å². The molecular weight excluding hydrogens is 288 g/mol. The van der Waals surface area contributed by atoms with Gasteiger partial charge >= 0.3 is 0 Å². The molecule has 120 valence electrons. The van der Waals surface area contributed by atoms with Gasteiger partial charge in [-0.2, -0.15) is 0 Å². The fraction of sp³-hybridized carbons (Fsp3) is 0.316.